The maximum Gasteiger partial charge on any atom is 0.306 e. The Hall–Kier alpha value is -7.67. The summed E-state index contributed by atoms with van der Waals surface area (Å²) < 4.78 is 5.44. The summed E-state index contributed by atoms with van der Waals surface area (Å²) in [4.78, 5) is 85.5. The van der Waals surface area contributed by atoms with Crippen LogP contribution < -0.4 is 17.2 Å². The molecule has 0 atom stereocenters. The van der Waals surface area contributed by atoms with Crippen molar-refractivity contribution in [3.63, 3.8) is 0 Å². The van der Waals surface area contributed by atoms with Gasteiger partial charge in [0.15, 0.2) is 11.6 Å². The zero-order chi connectivity index (χ0) is 53.6. The summed E-state index contributed by atoms with van der Waals surface area (Å²) in [6, 6.07) is 14.7. The normalized spacial score (nSPS) is 16.9. The Morgan fingerprint density at radius 3 is 1.43 bits per heavy atom. The van der Waals surface area contributed by atoms with Crippen molar-refractivity contribution in [2.45, 2.75) is 129 Å². The second-order valence-electron chi connectivity index (χ2n) is 22.7. The summed E-state index contributed by atoms with van der Waals surface area (Å²) in [7, 11) is 0. The molecule has 4 aromatic heterocycles. The van der Waals surface area contributed by atoms with Crippen LogP contribution in [0.4, 0.5) is 11.9 Å². The van der Waals surface area contributed by atoms with Crippen molar-refractivity contribution in [3.05, 3.63) is 117 Å². The van der Waals surface area contributed by atoms with Crippen LogP contribution in [0.5, 0.6) is 0 Å². The predicted molar refractivity (Wildman–Crippen MR) is 283 cm³/mol. The molecule has 0 saturated carbocycles. The minimum atomic E-state index is -0.491. The molecule has 392 valence electrons. The summed E-state index contributed by atoms with van der Waals surface area (Å²) in [6.45, 7) is 16.5. The Balaban J connectivity index is 0.000000187. The average molecular weight is 1020 g/mol. The largest absolute Gasteiger partial charge is 0.460 e. The Morgan fingerprint density at radius 1 is 0.627 bits per heavy atom. The molecule has 0 bridgehead atoms. The van der Waals surface area contributed by atoms with Crippen molar-refractivity contribution >= 4 is 41.2 Å². The number of benzene rings is 2. The van der Waals surface area contributed by atoms with E-state index in [4.69, 9.17) is 21.9 Å². The number of hydrogen-bond donors (Lipinski definition) is 5. The summed E-state index contributed by atoms with van der Waals surface area (Å²) in [5, 5.41) is 14.8. The summed E-state index contributed by atoms with van der Waals surface area (Å²) in [6.07, 6.45) is 8.78. The third kappa shape index (κ3) is 11.4. The van der Waals surface area contributed by atoms with Gasteiger partial charge in [-0.15, -0.1) is 0 Å². The number of likely N-dealkylation sites (tertiary alicyclic amines) is 2. The average Bonchev–Trinajstić information content (AvgIpc) is 4.03. The molecule has 75 heavy (non-hydrogen) atoms. The molecule has 6 aromatic rings. The molecular formula is C56H67N13O6. The number of amides is 2. The summed E-state index contributed by atoms with van der Waals surface area (Å²) in [5.74, 6) is 0.220. The van der Waals surface area contributed by atoms with Crippen molar-refractivity contribution in [1.29, 1.82) is 0 Å². The van der Waals surface area contributed by atoms with Gasteiger partial charge >= 0.3 is 5.97 Å². The number of nitrogens with one attached hydrogen (secondary N) is 2. The van der Waals surface area contributed by atoms with Gasteiger partial charge in [-0.25, -0.2) is 19.9 Å². The van der Waals surface area contributed by atoms with Gasteiger partial charge in [0.1, 0.15) is 28.4 Å². The van der Waals surface area contributed by atoms with Crippen LogP contribution in [0.15, 0.2) is 60.9 Å². The fraction of sp³-hybridized carbons (Fsp3) is 0.446. The number of carbonyl (C=O) groups is 5. The lowest BCUT2D eigenvalue weighted by molar-refractivity contribution is -0.156. The molecule has 2 aromatic carbocycles. The monoisotopic (exact) mass is 1020 g/mol. The molecule has 8 N–H and O–H groups in total. The number of hydrogen-bond acceptors (Lipinski definition) is 15. The third-order valence-electron chi connectivity index (χ3n) is 14.7. The number of piperidine rings is 2. The molecule has 2 saturated heterocycles. The summed E-state index contributed by atoms with van der Waals surface area (Å²) in [5.41, 5.74) is 26.5. The number of ketones is 2. The van der Waals surface area contributed by atoms with E-state index in [1.165, 1.54) is 0 Å². The first-order valence-electron chi connectivity index (χ1n) is 25.7. The van der Waals surface area contributed by atoms with Crippen LogP contribution >= 0.6 is 0 Å². The first-order valence-corrected chi connectivity index (χ1v) is 25.7. The minimum Gasteiger partial charge on any atom is -0.460 e. The lowest BCUT2D eigenvalue weighted by Crippen LogP contribution is -2.42. The third-order valence-corrected chi connectivity index (χ3v) is 14.7. The zero-order valence-corrected chi connectivity index (χ0v) is 43.9. The van der Waals surface area contributed by atoms with Gasteiger partial charge in [-0.05, 0) is 123 Å². The molecular weight excluding hydrogens is 951 g/mol. The summed E-state index contributed by atoms with van der Waals surface area (Å²) >= 11 is 0. The van der Waals surface area contributed by atoms with E-state index in [2.05, 4.69) is 68.0 Å². The second kappa shape index (κ2) is 20.6. The number of aromatic amines is 2. The molecule has 0 spiro atoms. The number of ether oxygens (including phenoxy) is 1. The molecule has 2 aliphatic carbocycles. The number of esters is 1. The number of nitrogens with two attached hydrogens (primary N) is 3. The zero-order valence-electron chi connectivity index (χ0n) is 43.9. The molecule has 10 rings (SSSR count). The SMILES string of the molecule is CC(C)(C)OC(=O)CC1CCN(C(=O)c2ccc(CC(=O)c3[nH]nc4c3C(C)(C)Cc3cnc(N)nc3-4)cc2)CC1.CC1(C)Cc2cnc(N)nc2-c2n[nH]c(C(=O)Cc3ccc(C(=O)N4CCC(N)CC4)cc3)c21. The Kier molecular flexibility index (Phi) is 14.3. The van der Waals surface area contributed by atoms with E-state index in [0.29, 0.717) is 90.7 Å². The fourth-order valence-corrected chi connectivity index (χ4v) is 10.9. The topological polar surface area (TPSA) is 288 Å². The number of fused-ring (bicyclic) bond motifs is 6. The molecule has 4 aliphatic rings. The van der Waals surface area contributed by atoms with Crippen LogP contribution in [0, 0.1) is 5.92 Å². The number of H-pyrrole nitrogens is 2. The van der Waals surface area contributed by atoms with E-state index in [-0.39, 0.29) is 76.9 Å². The standard InChI is InChI=1S/C31H38N6O4.C25H29N7O2/c1-30(2,3)41-23(39)15-19-10-12-37(13-11-19)28(40)20-8-6-18(7-9-20)14-22(38)26-24-27(36-35-26)25-21(16-31(24,4)5)17-33-29(32)34-25;1-25(2)12-16-13-28-24(27)29-20(16)22-19(25)21(30-31-22)18(33)11-14-3-5-15(6-4-14)23(34)32-9-7-17(26)8-10-32/h6-9,17,19H,10-16H2,1-5H3,(H,35,36)(H2,32,33,34);3-6,13,17H,7-12,26H2,1-2H3,(H,30,31)(H2,27,28,29). The molecule has 19 heteroatoms. The van der Waals surface area contributed by atoms with E-state index < -0.39 is 5.60 Å². The number of aromatic nitrogens is 8. The highest BCUT2D eigenvalue weighted by Crippen LogP contribution is 2.44. The van der Waals surface area contributed by atoms with Crippen LogP contribution in [0.2, 0.25) is 0 Å². The van der Waals surface area contributed by atoms with Gasteiger partial charge in [0.05, 0.1) is 11.4 Å². The van der Waals surface area contributed by atoms with Crippen LogP contribution in [0.1, 0.15) is 156 Å². The van der Waals surface area contributed by atoms with Gasteiger partial charge in [0.2, 0.25) is 11.9 Å². The number of carbonyl (C=O) groups excluding carboxylic acids is 5. The van der Waals surface area contributed by atoms with Crippen molar-refractivity contribution in [2.24, 2.45) is 11.7 Å². The second-order valence-corrected chi connectivity index (χ2v) is 22.7. The van der Waals surface area contributed by atoms with Crippen LogP contribution in [-0.2, 0) is 46.0 Å². The number of nitrogens with zero attached hydrogens (tertiary/aromatic N) is 8. The van der Waals surface area contributed by atoms with Gasteiger partial charge in [-0.3, -0.25) is 34.2 Å². The Labute approximate surface area is 436 Å². The molecule has 2 fully saturated rings. The molecule has 6 heterocycles. The number of anilines is 2. The predicted octanol–water partition coefficient (Wildman–Crippen LogP) is 6.56. The highest BCUT2D eigenvalue weighted by Gasteiger charge is 2.40. The van der Waals surface area contributed by atoms with Gasteiger partial charge in [0.25, 0.3) is 11.8 Å². The van der Waals surface area contributed by atoms with Gasteiger partial charge in [-0.2, -0.15) is 10.2 Å². The fourth-order valence-electron chi connectivity index (χ4n) is 10.9. The maximum absolute atomic E-state index is 13.4. The molecule has 2 aliphatic heterocycles. The number of rotatable bonds is 10. The Bertz CT molecular complexity index is 3150. The Morgan fingerprint density at radius 2 is 1.03 bits per heavy atom. The molecule has 0 radical (unpaired) electrons. The highest BCUT2D eigenvalue weighted by atomic mass is 16.6. The van der Waals surface area contributed by atoms with E-state index >= 15 is 0 Å². The van der Waals surface area contributed by atoms with E-state index in [0.717, 1.165) is 59.1 Å². The van der Waals surface area contributed by atoms with Crippen molar-refractivity contribution < 1.29 is 28.7 Å². The maximum atomic E-state index is 13.4. The highest BCUT2D eigenvalue weighted by molar-refractivity contribution is 6.01. The van der Waals surface area contributed by atoms with Crippen molar-refractivity contribution in [2.75, 3.05) is 37.6 Å². The number of Topliss-reactive ketones (excluding diaryl/α,β-unsaturated/α-hetero) is 2. The van der Waals surface area contributed by atoms with Crippen LogP contribution in [0.3, 0.4) is 0 Å². The van der Waals surface area contributed by atoms with E-state index in [1.807, 2.05) is 54.8 Å². The first-order chi connectivity index (χ1) is 35.5. The molecule has 19 nitrogen and oxygen atoms in total. The molecule has 2 amide bonds. The van der Waals surface area contributed by atoms with Gasteiger partial charge in [0, 0.05) is 86.1 Å². The lowest BCUT2D eigenvalue weighted by Gasteiger charge is -2.32. The number of nitrogen functional groups attached to an aromatic ring is 2. The molecule has 0 unspecified atom stereocenters. The minimum absolute atomic E-state index is 0.00842. The van der Waals surface area contributed by atoms with Crippen LogP contribution in [-0.4, -0.2) is 117 Å². The van der Waals surface area contributed by atoms with Crippen LogP contribution in [0.25, 0.3) is 22.8 Å². The first kappa shape index (κ1) is 52.2. The van der Waals surface area contributed by atoms with E-state index in [9.17, 15) is 24.0 Å². The van der Waals surface area contributed by atoms with E-state index in [1.54, 1.807) is 36.7 Å². The van der Waals surface area contributed by atoms with Gasteiger partial charge in [-0.1, -0.05) is 52.0 Å². The quantitative estimate of drug-likeness (QED) is 0.0717. The van der Waals surface area contributed by atoms with Gasteiger partial charge < -0.3 is 31.7 Å². The van der Waals surface area contributed by atoms with Crippen molar-refractivity contribution in [3.8, 4) is 22.8 Å². The lowest BCUT2D eigenvalue weighted by atomic mass is 9.72. The van der Waals surface area contributed by atoms with Crippen molar-refractivity contribution in [1.82, 2.24) is 50.1 Å². The smallest absolute Gasteiger partial charge is 0.306 e.